The smallest absolute Gasteiger partial charge is 0.134 e. The Morgan fingerprint density at radius 1 is 1.27 bits per heavy atom. The van der Waals surface area contributed by atoms with Crippen LogP contribution in [-0.2, 0) is 0 Å². The minimum atomic E-state index is -0.305. The van der Waals surface area contributed by atoms with Crippen molar-refractivity contribution in [1.82, 2.24) is 14.9 Å². The lowest BCUT2D eigenvalue weighted by atomic mass is 10.2. The molecule has 2 atom stereocenters. The van der Waals surface area contributed by atoms with Crippen LogP contribution in [0.25, 0.3) is 6.08 Å². The molecule has 0 unspecified atom stereocenters. The average Bonchev–Trinajstić information content (AvgIpc) is 2.99. The zero-order valence-corrected chi connectivity index (χ0v) is 15.4. The molecule has 2 N–H and O–H groups in total. The summed E-state index contributed by atoms with van der Waals surface area (Å²) in [5.74, 6) is 1.65. The lowest BCUT2D eigenvalue weighted by Gasteiger charge is -2.27. The van der Waals surface area contributed by atoms with Gasteiger partial charge in [-0.1, -0.05) is 42.5 Å². The SMILES string of the molecule is CN(C)C[C@H]1C[C@@H](O)CN1c1cc(NC/C=C/c2ccccc2)ncn1. The second-order valence-electron chi connectivity index (χ2n) is 6.91. The molecule has 0 spiro atoms. The number of nitrogens with one attached hydrogen (secondary N) is 1. The van der Waals surface area contributed by atoms with Crippen molar-refractivity contribution in [2.24, 2.45) is 0 Å². The van der Waals surface area contributed by atoms with Crippen molar-refractivity contribution in [1.29, 1.82) is 0 Å². The normalized spacial score (nSPS) is 20.2. The molecule has 1 aromatic carbocycles. The fourth-order valence-corrected chi connectivity index (χ4v) is 3.29. The highest BCUT2D eigenvalue weighted by molar-refractivity contribution is 5.52. The van der Waals surface area contributed by atoms with Gasteiger partial charge in [0.15, 0.2) is 0 Å². The van der Waals surface area contributed by atoms with Crippen LogP contribution in [0.5, 0.6) is 0 Å². The minimum Gasteiger partial charge on any atom is -0.391 e. The van der Waals surface area contributed by atoms with Gasteiger partial charge in [0.25, 0.3) is 0 Å². The zero-order valence-electron chi connectivity index (χ0n) is 15.4. The minimum absolute atomic E-state index is 0.265. The number of aliphatic hydroxyl groups is 1. The number of likely N-dealkylation sites (N-methyl/N-ethyl adjacent to an activating group) is 1. The number of benzene rings is 1. The molecule has 3 rings (SSSR count). The molecule has 6 heteroatoms. The van der Waals surface area contributed by atoms with Gasteiger partial charge in [-0.25, -0.2) is 9.97 Å². The number of β-amino-alcohol motifs (C(OH)–C–C–N with tert-alkyl or cyclic N) is 1. The number of aliphatic hydroxyl groups excluding tert-OH is 1. The first-order valence-corrected chi connectivity index (χ1v) is 8.99. The van der Waals surface area contributed by atoms with Gasteiger partial charge in [-0.15, -0.1) is 0 Å². The summed E-state index contributed by atoms with van der Waals surface area (Å²) in [6.07, 6.45) is 6.20. The molecule has 1 aromatic heterocycles. The van der Waals surface area contributed by atoms with Gasteiger partial charge in [0.05, 0.1) is 6.10 Å². The molecule has 2 aromatic rings. The molecule has 6 nitrogen and oxygen atoms in total. The molecule has 2 heterocycles. The van der Waals surface area contributed by atoms with E-state index in [9.17, 15) is 5.11 Å². The number of hydrogen-bond acceptors (Lipinski definition) is 6. The molecular weight excluding hydrogens is 326 g/mol. The van der Waals surface area contributed by atoms with E-state index in [1.165, 1.54) is 5.56 Å². The topological polar surface area (TPSA) is 64.5 Å². The van der Waals surface area contributed by atoms with Crippen molar-refractivity contribution in [2.75, 3.05) is 43.9 Å². The third kappa shape index (κ3) is 5.03. The number of hydrogen-bond donors (Lipinski definition) is 2. The van der Waals surface area contributed by atoms with E-state index in [0.29, 0.717) is 13.1 Å². The van der Waals surface area contributed by atoms with Crippen molar-refractivity contribution in [3.05, 3.63) is 54.4 Å². The maximum atomic E-state index is 10.1. The van der Waals surface area contributed by atoms with Gasteiger partial charge in [-0.2, -0.15) is 0 Å². The first kappa shape index (κ1) is 18.4. The summed E-state index contributed by atoms with van der Waals surface area (Å²) in [6, 6.07) is 12.4. The van der Waals surface area contributed by atoms with Gasteiger partial charge in [0.2, 0.25) is 0 Å². The predicted octanol–water partition coefficient (Wildman–Crippen LogP) is 2.10. The van der Waals surface area contributed by atoms with E-state index in [1.807, 2.05) is 24.3 Å². The van der Waals surface area contributed by atoms with E-state index in [4.69, 9.17) is 0 Å². The van der Waals surface area contributed by atoms with E-state index < -0.39 is 0 Å². The van der Waals surface area contributed by atoms with Crippen LogP contribution in [0.3, 0.4) is 0 Å². The van der Waals surface area contributed by atoms with Gasteiger partial charge >= 0.3 is 0 Å². The fourth-order valence-electron chi connectivity index (χ4n) is 3.29. The maximum Gasteiger partial charge on any atom is 0.134 e. The van der Waals surface area contributed by atoms with Crippen molar-refractivity contribution in [3.63, 3.8) is 0 Å². The first-order valence-electron chi connectivity index (χ1n) is 8.99. The third-order valence-corrected chi connectivity index (χ3v) is 4.43. The van der Waals surface area contributed by atoms with Gasteiger partial charge < -0.3 is 20.2 Å². The zero-order chi connectivity index (χ0) is 18.4. The lowest BCUT2D eigenvalue weighted by molar-refractivity contribution is 0.191. The quantitative estimate of drug-likeness (QED) is 0.795. The van der Waals surface area contributed by atoms with E-state index >= 15 is 0 Å². The Kier molecular flexibility index (Phi) is 6.20. The fraction of sp³-hybridized carbons (Fsp3) is 0.400. The summed E-state index contributed by atoms with van der Waals surface area (Å²) in [7, 11) is 4.10. The molecule has 1 aliphatic rings. The molecular formula is C20H27N5O. The van der Waals surface area contributed by atoms with Crippen molar-refractivity contribution in [2.45, 2.75) is 18.6 Å². The number of nitrogens with zero attached hydrogens (tertiary/aromatic N) is 4. The predicted molar refractivity (Wildman–Crippen MR) is 106 cm³/mol. The monoisotopic (exact) mass is 353 g/mol. The third-order valence-electron chi connectivity index (χ3n) is 4.43. The first-order chi connectivity index (χ1) is 12.6. The summed E-state index contributed by atoms with van der Waals surface area (Å²) in [5, 5.41) is 13.4. The maximum absolute atomic E-state index is 10.1. The second-order valence-corrected chi connectivity index (χ2v) is 6.91. The molecule has 1 fully saturated rings. The Labute approximate surface area is 155 Å². The standard InChI is InChI=1S/C20H27N5O/c1-24(2)13-17-11-18(26)14-25(17)20-12-19(22-15-23-20)21-10-6-9-16-7-4-3-5-8-16/h3-9,12,15,17-18,26H,10-11,13-14H2,1-2H3,(H,21,22,23)/b9-6+/t17-,18-/m1/s1. The van der Waals surface area contributed by atoms with Crippen LogP contribution in [0.2, 0.25) is 0 Å². The van der Waals surface area contributed by atoms with Crippen LogP contribution in [0.1, 0.15) is 12.0 Å². The van der Waals surface area contributed by atoms with Gasteiger partial charge in [0, 0.05) is 31.7 Å². The molecule has 0 radical (unpaired) electrons. The highest BCUT2D eigenvalue weighted by Gasteiger charge is 2.32. The Morgan fingerprint density at radius 3 is 2.85 bits per heavy atom. The molecule has 1 aliphatic heterocycles. The van der Waals surface area contributed by atoms with E-state index in [2.05, 4.69) is 63.5 Å². The molecule has 1 saturated heterocycles. The van der Waals surface area contributed by atoms with Crippen LogP contribution in [0, 0.1) is 0 Å². The molecule has 0 amide bonds. The summed E-state index contributed by atoms with van der Waals surface area (Å²) < 4.78 is 0. The van der Waals surface area contributed by atoms with Crippen LogP contribution in [-0.4, -0.2) is 65.8 Å². The Hall–Kier alpha value is -2.44. The molecule has 138 valence electrons. The van der Waals surface area contributed by atoms with Crippen LogP contribution >= 0.6 is 0 Å². The molecule has 26 heavy (non-hydrogen) atoms. The van der Waals surface area contributed by atoms with Gasteiger partial charge in [-0.3, -0.25) is 0 Å². The lowest BCUT2D eigenvalue weighted by Crippen LogP contribution is -2.38. The summed E-state index contributed by atoms with van der Waals surface area (Å²) in [5.41, 5.74) is 1.18. The van der Waals surface area contributed by atoms with E-state index in [-0.39, 0.29) is 12.1 Å². The average molecular weight is 353 g/mol. The summed E-state index contributed by atoms with van der Waals surface area (Å²) in [4.78, 5) is 13.0. The van der Waals surface area contributed by atoms with Crippen LogP contribution in [0.15, 0.2) is 48.8 Å². The van der Waals surface area contributed by atoms with Crippen molar-refractivity contribution >= 4 is 17.7 Å². The Morgan fingerprint density at radius 2 is 2.08 bits per heavy atom. The molecule has 0 saturated carbocycles. The Bertz CT molecular complexity index is 719. The Balaban J connectivity index is 1.61. The molecule has 0 bridgehead atoms. The van der Waals surface area contributed by atoms with E-state index in [1.54, 1.807) is 6.33 Å². The van der Waals surface area contributed by atoms with Crippen LogP contribution < -0.4 is 10.2 Å². The van der Waals surface area contributed by atoms with E-state index in [0.717, 1.165) is 24.6 Å². The van der Waals surface area contributed by atoms with Gasteiger partial charge in [0.1, 0.15) is 18.0 Å². The number of rotatable bonds is 7. The summed E-state index contributed by atoms with van der Waals surface area (Å²) in [6.45, 7) is 2.20. The highest BCUT2D eigenvalue weighted by atomic mass is 16.3. The highest BCUT2D eigenvalue weighted by Crippen LogP contribution is 2.25. The number of anilines is 2. The summed E-state index contributed by atoms with van der Waals surface area (Å²) >= 11 is 0. The van der Waals surface area contributed by atoms with Crippen LogP contribution in [0.4, 0.5) is 11.6 Å². The molecule has 0 aliphatic carbocycles. The second kappa shape index (κ2) is 8.78. The number of aromatic nitrogens is 2. The van der Waals surface area contributed by atoms with Crippen molar-refractivity contribution in [3.8, 4) is 0 Å². The largest absolute Gasteiger partial charge is 0.391 e. The van der Waals surface area contributed by atoms with Crippen molar-refractivity contribution < 1.29 is 5.11 Å². The van der Waals surface area contributed by atoms with Gasteiger partial charge in [-0.05, 0) is 26.1 Å².